The van der Waals surface area contributed by atoms with Gasteiger partial charge in [0.2, 0.25) is 0 Å². The fraction of sp³-hybridized carbons (Fsp3) is 0.176. The number of carboxylic acid groups (broad SMARTS) is 1. The van der Waals surface area contributed by atoms with Crippen LogP contribution in [0.3, 0.4) is 0 Å². The molecule has 0 fully saturated rings. The van der Waals surface area contributed by atoms with Crippen LogP contribution in [0.4, 0.5) is 14.9 Å². The van der Waals surface area contributed by atoms with Crippen LogP contribution in [0.25, 0.3) is 10.2 Å². The van der Waals surface area contributed by atoms with Crippen molar-refractivity contribution >= 4 is 44.9 Å². The van der Waals surface area contributed by atoms with Crippen molar-refractivity contribution in [1.29, 1.82) is 5.26 Å². The fourth-order valence-corrected chi connectivity index (χ4v) is 3.49. The first-order chi connectivity index (χ1) is 12.9. The van der Waals surface area contributed by atoms with Gasteiger partial charge in [0.25, 0.3) is 0 Å². The molecule has 1 N–H and O–H groups in total. The Morgan fingerprint density at radius 3 is 2.93 bits per heavy atom. The number of benzene rings is 1. The van der Waals surface area contributed by atoms with Crippen LogP contribution in [0.2, 0.25) is 4.47 Å². The van der Waals surface area contributed by atoms with Gasteiger partial charge in [0.1, 0.15) is 18.4 Å². The van der Waals surface area contributed by atoms with E-state index in [1.165, 1.54) is 41.8 Å². The number of thiazole rings is 1. The largest absolute Gasteiger partial charge is 0.488 e. The number of amides is 1. The van der Waals surface area contributed by atoms with E-state index in [0.29, 0.717) is 14.7 Å². The molecule has 3 aromatic rings. The van der Waals surface area contributed by atoms with Gasteiger partial charge in [-0.3, -0.25) is 4.90 Å². The quantitative estimate of drug-likeness (QED) is 0.677. The highest BCUT2D eigenvalue weighted by atomic mass is 35.5. The molecule has 10 heteroatoms. The third kappa shape index (κ3) is 4.07. The minimum Gasteiger partial charge on any atom is -0.488 e. The average molecular weight is 407 g/mol. The third-order valence-electron chi connectivity index (χ3n) is 3.68. The summed E-state index contributed by atoms with van der Waals surface area (Å²) in [6.45, 7) is 1.52. The second-order valence-corrected chi connectivity index (χ2v) is 7.16. The number of carbonyl (C=O) groups is 1. The Bertz CT molecular complexity index is 1040. The van der Waals surface area contributed by atoms with Crippen LogP contribution in [0.15, 0.2) is 30.5 Å². The van der Waals surface area contributed by atoms with E-state index in [9.17, 15) is 14.3 Å². The number of nitrogens with zero attached hydrogens (tertiary/aromatic N) is 4. The molecule has 7 nitrogen and oxygen atoms in total. The fourth-order valence-electron chi connectivity index (χ4n) is 2.45. The van der Waals surface area contributed by atoms with Crippen molar-refractivity contribution in [3.05, 3.63) is 46.4 Å². The van der Waals surface area contributed by atoms with Crippen LogP contribution in [-0.2, 0) is 0 Å². The van der Waals surface area contributed by atoms with Crippen molar-refractivity contribution in [1.82, 2.24) is 9.97 Å². The van der Waals surface area contributed by atoms with E-state index in [2.05, 4.69) is 9.97 Å². The molecule has 3 rings (SSSR count). The second kappa shape index (κ2) is 7.73. The molecule has 0 saturated carbocycles. The van der Waals surface area contributed by atoms with Crippen molar-refractivity contribution in [2.45, 2.75) is 13.0 Å². The highest BCUT2D eigenvalue weighted by Gasteiger charge is 2.23. The van der Waals surface area contributed by atoms with E-state index < -0.39 is 18.0 Å². The minimum absolute atomic E-state index is 0.0158. The maximum absolute atomic E-state index is 14.2. The molecule has 2 aromatic heterocycles. The topological polar surface area (TPSA) is 99.3 Å². The summed E-state index contributed by atoms with van der Waals surface area (Å²) < 4.78 is 20.6. The third-order valence-corrected chi connectivity index (χ3v) is 4.81. The summed E-state index contributed by atoms with van der Waals surface area (Å²) >= 11 is 7.02. The molecule has 0 radical (unpaired) electrons. The van der Waals surface area contributed by atoms with Crippen molar-refractivity contribution in [2.24, 2.45) is 0 Å². The Morgan fingerprint density at radius 1 is 1.52 bits per heavy atom. The zero-order valence-electron chi connectivity index (χ0n) is 13.9. The number of pyridine rings is 1. The Hall–Kier alpha value is -2.96. The number of hydrogen-bond donors (Lipinski definition) is 1. The first-order valence-corrected chi connectivity index (χ1v) is 8.85. The van der Waals surface area contributed by atoms with Crippen molar-refractivity contribution in [3.63, 3.8) is 0 Å². The molecule has 2 heterocycles. The van der Waals surface area contributed by atoms with Crippen LogP contribution < -0.4 is 9.64 Å². The molecule has 1 atom stereocenters. The van der Waals surface area contributed by atoms with E-state index in [0.717, 1.165) is 4.90 Å². The van der Waals surface area contributed by atoms with Crippen LogP contribution in [0, 0.1) is 17.1 Å². The molecule has 1 amide bonds. The van der Waals surface area contributed by atoms with Crippen molar-refractivity contribution < 1.29 is 19.0 Å². The lowest BCUT2D eigenvalue weighted by atomic mass is 10.2. The van der Waals surface area contributed by atoms with E-state index >= 15 is 0 Å². The van der Waals surface area contributed by atoms with Gasteiger partial charge >= 0.3 is 6.09 Å². The second-order valence-electron chi connectivity index (χ2n) is 5.54. The van der Waals surface area contributed by atoms with E-state index in [4.69, 9.17) is 21.6 Å². The van der Waals surface area contributed by atoms with Gasteiger partial charge in [0.05, 0.1) is 28.1 Å². The zero-order chi connectivity index (χ0) is 19.6. The molecule has 0 aliphatic heterocycles. The molecule has 0 aliphatic carbocycles. The summed E-state index contributed by atoms with van der Waals surface area (Å²) in [7, 11) is 0. The number of anilines is 1. The first-order valence-electron chi connectivity index (χ1n) is 7.65. The van der Waals surface area contributed by atoms with Gasteiger partial charge < -0.3 is 9.84 Å². The lowest BCUT2D eigenvalue weighted by Crippen LogP contribution is -2.41. The SMILES string of the molecule is CC(COc1cc2sc(Cl)nc2cc1F)N(C(=O)O)c1ccc(C#N)nc1. The summed E-state index contributed by atoms with van der Waals surface area (Å²) in [5.74, 6) is -0.628. The highest BCUT2D eigenvalue weighted by molar-refractivity contribution is 7.22. The maximum Gasteiger partial charge on any atom is 0.412 e. The summed E-state index contributed by atoms with van der Waals surface area (Å²) in [6.07, 6.45) is 0.0672. The molecule has 0 spiro atoms. The smallest absolute Gasteiger partial charge is 0.412 e. The Morgan fingerprint density at radius 2 is 2.30 bits per heavy atom. The average Bonchev–Trinajstić information content (AvgIpc) is 2.99. The minimum atomic E-state index is -1.22. The van der Waals surface area contributed by atoms with Gasteiger partial charge in [0.15, 0.2) is 16.0 Å². The summed E-state index contributed by atoms with van der Waals surface area (Å²) in [5.41, 5.74) is 0.882. The predicted molar refractivity (Wildman–Crippen MR) is 99.0 cm³/mol. The number of nitriles is 1. The normalized spacial score (nSPS) is 11.8. The predicted octanol–water partition coefficient (Wildman–Crippen LogP) is 4.31. The van der Waals surface area contributed by atoms with Crippen LogP contribution in [-0.4, -0.2) is 33.8 Å². The van der Waals surface area contributed by atoms with Crippen molar-refractivity contribution in [2.75, 3.05) is 11.5 Å². The molecule has 1 unspecified atom stereocenters. The first kappa shape index (κ1) is 18.8. The van der Waals surface area contributed by atoms with Gasteiger partial charge in [-0.2, -0.15) is 5.26 Å². The number of halogens is 2. The number of rotatable bonds is 5. The number of fused-ring (bicyclic) bond motifs is 1. The molecule has 0 aliphatic rings. The molecular formula is C17H12ClFN4O3S. The monoisotopic (exact) mass is 406 g/mol. The molecule has 0 saturated heterocycles. The number of aromatic nitrogens is 2. The number of hydrogen-bond acceptors (Lipinski definition) is 6. The number of ether oxygens (including phenoxy) is 1. The Kier molecular flexibility index (Phi) is 5.39. The Labute approximate surface area is 162 Å². The lowest BCUT2D eigenvalue weighted by molar-refractivity contribution is 0.194. The van der Waals surface area contributed by atoms with Crippen molar-refractivity contribution in [3.8, 4) is 11.8 Å². The molecule has 0 bridgehead atoms. The van der Waals surface area contributed by atoms with Crippen LogP contribution >= 0.6 is 22.9 Å². The van der Waals surface area contributed by atoms with Crippen LogP contribution in [0.1, 0.15) is 12.6 Å². The molecule has 1 aromatic carbocycles. The van der Waals surface area contributed by atoms with Gasteiger partial charge in [-0.1, -0.05) is 11.6 Å². The standard InChI is InChI=1S/C17H12ClFN4O3S/c1-9(23(17(24)25)11-3-2-10(6-20)21-7-11)8-26-14-5-15-13(4-12(14)19)22-16(18)27-15/h2-5,7,9H,8H2,1H3,(H,24,25). The highest BCUT2D eigenvalue weighted by Crippen LogP contribution is 2.31. The van der Waals surface area contributed by atoms with Crippen LogP contribution in [0.5, 0.6) is 5.75 Å². The van der Waals surface area contributed by atoms with Gasteiger partial charge in [-0.15, -0.1) is 11.3 Å². The lowest BCUT2D eigenvalue weighted by Gasteiger charge is -2.26. The maximum atomic E-state index is 14.2. The van der Waals surface area contributed by atoms with Gasteiger partial charge in [-0.05, 0) is 19.1 Å². The summed E-state index contributed by atoms with van der Waals surface area (Å²) in [4.78, 5) is 20.5. The van der Waals surface area contributed by atoms with Gasteiger partial charge in [-0.25, -0.2) is 19.2 Å². The van der Waals surface area contributed by atoms with E-state index in [-0.39, 0.29) is 23.7 Å². The summed E-state index contributed by atoms with van der Waals surface area (Å²) in [5, 5.41) is 18.3. The van der Waals surface area contributed by atoms with Gasteiger partial charge in [0, 0.05) is 12.1 Å². The summed E-state index contributed by atoms with van der Waals surface area (Å²) in [6, 6.07) is 6.81. The molecule has 138 valence electrons. The van der Waals surface area contributed by atoms with E-state index in [1.54, 1.807) is 6.92 Å². The van der Waals surface area contributed by atoms with E-state index in [1.807, 2.05) is 6.07 Å². The zero-order valence-corrected chi connectivity index (χ0v) is 15.5. The molecule has 27 heavy (non-hydrogen) atoms. The molecular weight excluding hydrogens is 395 g/mol. The Balaban J connectivity index is 1.78.